The number of hydrogen-bond acceptors (Lipinski definition) is 24. The molecule has 12 heterocycles. The molecule has 0 aliphatic carbocycles. The molecule has 0 bridgehead atoms. The number of ether oxygens (including phenoxy) is 2. The van der Waals surface area contributed by atoms with Crippen LogP contribution in [0.5, 0.6) is 0 Å². The molecule has 43 heteroatoms. The number of ketones is 2. The van der Waals surface area contributed by atoms with Crippen molar-refractivity contribution in [3.8, 4) is 47.4 Å². The van der Waals surface area contributed by atoms with Crippen LogP contribution in [0.1, 0.15) is 119 Å². The number of carbonyl (C=O) groups is 5. The first-order valence-corrected chi connectivity index (χ1v) is 66.3. The maximum absolute atomic E-state index is 12.4. The Morgan fingerprint density at radius 2 is 1.00 bits per heavy atom. The molecule has 0 saturated heterocycles. The molecule has 11 aromatic heterocycles. The number of methoxy groups -OCH3 is 2. The Morgan fingerprint density at radius 3 is 1.42 bits per heavy atom. The van der Waals surface area contributed by atoms with Gasteiger partial charge in [-0.3, -0.25) is 36.6 Å². The van der Waals surface area contributed by atoms with E-state index in [0.717, 1.165) is 63.1 Å². The number of hydrogen-bond donors (Lipinski definition) is 8. The predicted octanol–water partition coefficient (Wildman–Crippen LogP) is 14.5. The third kappa shape index (κ3) is 36.3. The number of anilines is 4. The Morgan fingerprint density at radius 1 is 0.593 bits per heavy atom. The van der Waals surface area contributed by atoms with Crippen LogP contribution in [0.3, 0.4) is 0 Å². The first kappa shape index (κ1) is 107. The van der Waals surface area contributed by atoms with Crippen LogP contribution in [0.25, 0.3) is 39.4 Å². The number of aryl methyl sites for hydroxylation is 5. The van der Waals surface area contributed by atoms with Crippen molar-refractivity contribution in [1.29, 1.82) is 0 Å². The molecule has 1 aliphatic heterocycles. The molecule has 1 aliphatic rings. The fourth-order valence-corrected chi connectivity index (χ4v) is 9.32. The number of Topliss-reactive ketones (excluding diaryl/α,β-unsaturated/α-hetero) is 2. The number of esters is 2. The average Bonchev–Trinajstić information content (AvgIpc) is 1.52. The van der Waals surface area contributed by atoms with Crippen molar-refractivity contribution in [3.63, 3.8) is 0 Å². The molecule has 13 aromatic rings. The summed E-state index contributed by atoms with van der Waals surface area (Å²) in [6.45, 7) is 27.1. The van der Waals surface area contributed by atoms with Crippen LogP contribution in [-0.2, 0) is 49.3 Å². The molecule has 0 fully saturated rings. The maximum atomic E-state index is 12.4. The first-order valence-electron chi connectivity index (χ1n) is 33.5. The Kier molecular flexibility index (Phi) is 53.4. The molecule has 0 saturated carbocycles. The van der Waals surface area contributed by atoms with Crippen molar-refractivity contribution in [2.45, 2.75) is 92.9 Å². The number of nitrogen functional groups attached to an aromatic ring is 5. The van der Waals surface area contributed by atoms with E-state index in [9.17, 15) is 28.8 Å². The van der Waals surface area contributed by atoms with Gasteiger partial charge in [0.05, 0.1) is 83.0 Å². The number of amides is 1. The van der Waals surface area contributed by atoms with Gasteiger partial charge in [-0.25, -0.2) is 54.7 Å². The zero-order chi connectivity index (χ0) is 88.7. The number of alkyl halides is 1. The Bertz CT molecular complexity index is 5680. The van der Waals surface area contributed by atoms with E-state index in [1.54, 1.807) is 77.7 Å². The summed E-state index contributed by atoms with van der Waals surface area (Å²) < 4.78 is 17.0. The molecule has 622 valence electrons. The van der Waals surface area contributed by atoms with E-state index < -0.39 is 23.6 Å². The molecule has 14 rings (SSSR count). The predicted molar refractivity (Wildman–Crippen MR) is 522 cm³/mol. The number of aromatic amines is 2. The molecule has 1 unspecified atom stereocenters. The number of rotatable bonds is 5. The number of nitrogens with zero attached hydrogens (tertiary/aromatic N) is 16. The van der Waals surface area contributed by atoms with E-state index >= 15 is 0 Å². The quantitative estimate of drug-likeness (QED) is 0.00758. The molecular weight excluding hydrogens is 2530 g/mol. The van der Waals surface area contributed by atoms with Crippen molar-refractivity contribution in [1.82, 2.24) is 88.4 Å². The summed E-state index contributed by atoms with van der Waals surface area (Å²) in [6, 6.07) is 26.9. The fraction of sp³-hybridized carbons (Fsp3) is 0.213. The number of fused-ring (bicyclic) bond motifs is 9. The number of aromatic nitrogens is 17. The van der Waals surface area contributed by atoms with E-state index in [-0.39, 0.29) is 39.2 Å². The molecular formula is C75H81I8N24O8V3-2. The van der Waals surface area contributed by atoms with E-state index in [1.165, 1.54) is 46.4 Å². The molecule has 1 amide bonds. The van der Waals surface area contributed by atoms with Gasteiger partial charge in [0.15, 0.2) is 45.5 Å². The normalized spacial score (nSPS) is 10.2. The summed E-state index contributed by atoms with van der Waals surface area (Å²) in [5.41, 5.74) is 37.4. The number of imidazole rings is 1. The first-order chi connectivity index (χ1) is 56.2. The van der Waals surface area contributed by atoms with Gasteiger partial charge in [-0.1, -0.05) is 110 Å². The second kappa shape index (κ2) is 58.8. The van der Waals surface area contributed by atoms with E-state index in [1.807, 2.05) is 109 Å². The number of nitrogens with one attached hydrogen (secondary N) is 3. The van der Waals surface area contributed by atoms with Crippen molar-refractivity contribution in [3.05, 3.63) is 203 Å². The number of H-pyrrole nitrogens is 2. The SMILES string of the molecule is CC#CC(C)I.CC#CCC.COC(=O)C(=O)c1ccccc1.COC(=O)c1cnc2cc(C)nn2c1N.Cc1cc2ncc(C(=O)NN)c(N)n2n1.Cc1cc2ncc(N)c(N)n2n1.Cc1cc2ncc3[nH]c(=O)[nH]c3n2n1.Cc1cc2ncc3c(n2n1)CC(=O)C(c1ccccc1)=N3.[CH2-]C#CC.[CH2-]C#CC.[I][V]([I])[I].[I][V][I].[I][V][I]. The minimum atomic E-state index is -0.832. The molecule has 32 nitrogen and oxygen atoms in total. The van der Waals surface area contributed by atoms with Gasteiger partial charge in [-0.15, -0.1) is 17.8 Å². The number of nitrogens with two attached hydrogens (primary N) is 5. The molecule has 13 N–H and O–H groups in total. The van der Waals surface area contributed by atoms with Crippen molar-refractivity contribution in [2.75, 3.05) is 37.2 Å². The van der Waals surface area contributed by atoms with Gasteiger partial charge in [-0.2, -0.15) is 57.4 Å². The number of aliphatic imine (C=N–C) groups is 1. The third-order valence-corrected chi connectivity index (χ3v) is 14.1. The standard InChI is InChI=1S/C16H12N4O.C9H10N4O2.C9H8O3.C8H10N6O.C8H7N5O.C7H9N5.C5H7I.C5H8.2C4H5.7HI.3V/c1-10-7-15-17-9-12-13(20(15)19-10)8-14(21)16(18-12)11-5-3-2-4-6-11;1-5-3-7-11-4-6(9(14)15-2)8(10)13(7)12-5;1-12-9(11)8(10)7-5-3-2-4-6-7;1-4-2-6-11-3-5(8(15)12-10)7(9)14(6)13-4;1-4-2-6-9-3-5-7(13(6)12-4)11-8(14)10-5;1-4-2-6-10-3-5(8)7(9)12(6)11-4;1-3-4-5(2)6;1-3-5-4-2;2*1-3-4-2;;;;;;;;;;/h2-7,9H,8H2,1H3;3-4H,10H2,1-2H3;2-6H,1H3;2-3H,9-10H2,1H3,(H,12,15);2-3H,1H3,(H2,10,11,14);2-3H,8-9H2,1H3;5H,1-2H3;3H2,1-2H3;2*1H2,2H3;7*1H;;;/q;;;;;;;;2*-1;;;;;;;;2*+2;+3/p-7. The van der Waals surface area contributed by atoms with Gasteiger partial charge < -0.3 is 49.2 Å². The van der Waals surface area contributed by atoms with E-state index in [4.69, 9.17) is 28.8 Å². The van der Waals surface area contributed by atoms with Crippen LogP contribution in [0.15, 0.2) is 132 Å². The summed E-state index contributed by atoms with van der Waals surface area (Å²) in [4.78, 5) is 98.1. The van der Waals surface area contributed by atoms with Crippen LogP contribution in [0, 0.1) is 95.8 Å². The second-order valence-corrected chi connectivity index (χ2v) is 83.0. The Balaban J connectivity index is 0.000000453. The zero-order valence-electron chi connectivity index (χ0n) is 65.6. The van der Waals surface area contributed by atoms with Gasteiger partial charge in [0, 0.05) is 60.3 Å². The number of halogens is 8. The molecule has 0 spiro atoms. The van der Waals surface area contributed by atoms with Crippen molar-refractivity contribution < 1.29 is 57.3 Å². The molecule has 2 aromatic carbocycles. The van der Waals surface area contributed by atoms with Crippen molar-refractivity contribution in [2.24, 2.45) is 10.8 Å². The molecule has 118 heavy (non-hydrogen) atoms. The summed E-state index contributed by atoms with van der Waals surface area (Å²) in [6.07, 6.45) is 8.89. The van der Waals surface area contributed by atoms with Crippen LogP contribution < -0.4 is 39.9 Å². The topological polar surface area (TPSA) is 458 Å². The Labute approximate surface area is 791 Å². The summed E-state index contributed by atoms with van der Waals surface area (Å²) in [7, 11) is 3.73. The number of hydrazine groups is 1. The minimum absolute atomic E-state index is 0.00866. The van der Waals surface area contributed by atoms with Crippen molar-refractivity contribution >= 4 is 266 Å². The Hall–Kier alpha value is -7.04. The fourth-order valence-electron chi connectivity index (χ4n) is 9.01. The summed E-state index contributed by atoms with van der Waals surface area (Å²) in [5.74, 6) is 24.8. The molecule has 1 atom stereocenters. The molecule has 0 radical (unpaired) electrons. The summed E-state index contributed by atoms with van der Waals surface area (Å²) in [5, 5.41) is 20.9. The third-order valence-electron chi connectivity index (χ3n) is 13.8. The average molecular weight is 2610 g/mol. The van der Waals surface area contributed by atoms with Crippen LogP contribution >= 0.6 is 162 Å². The van der Waals surface area contributed by atoms with Gasteiger partial charge in [0.1, 0.15) is 39.7 Å². The zero-order valence-corrected chi connectivity index (χ0v) is 87.1. The monoisotopic (exact) mass is 2610 g/mol. The number of benzene rings is 2. The van der Waals surface area contributed by atoms with E-state index in [2.05, 4.69) is 305 Å². The number of carbonyl (C=O) groups excluding carboxylic acids is 5. The van der Waals surface area contributed by atoms with E-state index in [0.29, 0.717) is 80.2 Å². The van der Waals surface area contributed by atoms with Gasteiger partial charge in [0.2, 0.25) is 0 Å². The van der Waals surface area contributed by atoms with Gasteiger partial charge in [-0.05, 0) is 55.4 Å². The summed E-state index contributed by atoms with van der Waals surface area (Å²) >= 11 is 19.1. The van der Waals surface area contributed by atoms with Crippen LogP contribution in [0.2, 0.25) is 0 Å². The van der Waals surface area contributed by atoms with Crippen LogP contribution in [-0.4, -0.2) is 136 Å². The van der Waals surface area contributed by atoms with Crippen LogP contribution in [0.4, 0.5) is 28.8 Å². The van der Waals surface area contributed by atoms with Gasteiger partial charge >= 0.3 is 181 Å². The van der Waals surface area contributed by atoms with Gasteiger partial charge in [0.25, 0.3) is 11.7 Å². The second-order valence-electron chi connectivity index (χ2n) is 22.2.